The third-order valence-corrected chi connectivity index (χ3v) is 4.63. The molecule has 1 saturated heterocycles. The van der Waals surface area contributed by atoms with E-state index < -0.39 is 0 Å². The van der Waals surface area contributed by atoms with Gasteiger partial charge in [-0.3, -0.25) is 14.3 Å². The average Bonchev–Trinajstić information content (AvgIpc) is 3.06. The Labute approximate surface area is 146 Å². The summed E-state index contributed by atoms with van der Waals surface area (Å²) >= 11 is 0. The molecule has 2 heterocycles. The van der Waals surface area contributed by atoms with Crippen molar-refractivity contribution in [3.8, 4) is 5.75 Å². The van der Waals surface area contributed by atoms with Crippen molar-refractivity contribution < 1.29 is 14.3 Å². The molecule has 1 fully saturated rings. The highest BCUT2D eigenvalue weighted by atomic mass is 16.5. The van der Waals surface area contributed by atoms with Crippen molar-refractivity contribution in [1.82, 2.24) is 19.6 Å². The summed E-state index contributed by atoms with van der Waals surface area (Å²) in [6.45, 7) is 3.06. The largest absolute Gasteiger partial charge is 0.497 e. The molecule has 1 aromatic carbocycles. The van der Waals surface area contributed by atoms with Gasteiger partial charge in [0.2, 0.25) is 5.91 Å². The summed E-state index contributed by atoms with van der Waals surface area (Å²) in [6.07, 6.45) is 1.61. The minimum Gasteiger partial charge on any atom is -0.497 e. The lowest BCUT2D eigenvalue weighted by Crippen LogP contribution is -2.52. The Kier molecular flexibility index (Phi) is 4.74. The molecule has 0 aliphatic carbocycles. The molecule has 0 bridgehead atoms. The summed E-state index contributed by atoms with van der Waals surface area (Å²) in [7, 11) is 3.37. The van der Waals surface area contributed by atoms with Gasteiger partial charge >= 0.3 is 0 Å². The molecule has 0 spiro atoms. The summed E-state index contributed by atoms with van der Waals surface area (Å²) < 4.78 is 6.78. The van der Waals surface area contributed by atoms with E-state index in [-0.39, 0.29) is 17.9 Å². The van der Waals surface area contributed by atoms with Gasteiger partial charge in [-0.25, -0.2) is 0 Å². The predicted octanol–water partition coefficient (Wildman–Crippen LogP) is 1.47. The van der Waals surface area contributed by atoms with Crippen LogP contribution in [-0.4, -0.2) is 58.1 Å². The number of aromatic nitrogens is 2. The fourth-order valence-electron chi connectivity index (χ4n) is 3.15. The van der Waals surface area contributed by atoms with Crippen molar-refractivity contribution in [2.75, 3.05) is 26.7 Å². The van der Waals surface area contributed by atoms with Crippen molar-refractivity contribution in [3.05, 3.63) is 47.8 Å². The van der Waals surface area contributed by atoms with Gasteiger partial charge in [0.15, 0.2) is 0 Å². The number of rotatable bonds is 3. The monoisotopic (exact) mass is 342 g/mol. The van der Waals surface area contributed by atoms with E-state index in [1.807, 2.05) is 29.2 Å². The topological polar surface area (TPSA) is 67.7 Å². The number of ether oxygens (including phenoxy) is 1. The number of hydrogen-bond donors (Lipinski definition) is 0. The molecule has 0 N–H and O–H groups in total. The Balaban J connectivity index is 1.92. The van der Waals surface area contributed by atoms with Crippen LogP contribution in [0.3, 0.4) is 0 Å². The van der Waals surface area contributed by atoms with E-state index in [2.05, 4.69) is 5.10 Å². The van der Waals surface area contributed by atoms with Gasteiger partial charge in [-0.2, -0.15) is 5.10 Å². The van der Waals surface area contributed by atoms with Crippen molar-refractivity contribution >= 4 is 11.8 Å². The van der Waals surface area contributed by atoms with Gasteiger partial charge in [-0.05, 0) is 23.8 Å². The first-order valence-corrected chi connectivity index (χ1v) is 8.19. The summed E-state index contributed by atoms with van der Waals surface area (Å²) in [5.74, 6) is 0.697. The fourth-order valence-corrected chi connectivity index (χ4v) is 3.15. The first-order valence-electron chi connectivity index (χ1n) is 8.19. The molecule has 0 saturated carbocycles. The van der Waals surface area contributed by atoms with Crippen molar-refractivity contribution in [2.45, 2.75) is 13.0 Å². The van der Waals surface area contributed by atoms with Crippen LogP contribution in [0.1, 0.15) is 29.0 Å². The molecular formula is C18H22N4O3. The second kappa shape index (κ2) is 6.96. The zero-order valence-electron chi connectivity index (χ0n) is 14.7. The van der Waals surface area contributed by atoms with E-state index in [1.54, 1.807) is 42.9 Å². The number of hydrogen-bond acceptors (Lipinski definition) is 4. The molecule has 1 aliphatic rings. The van der Waals surface area contributed by atoms with Crippen LogP contribution in [-0.2, 0) is 11.8 Å². The molecule has 0 unspecified atom stereocenters. The molecule has 0 radical (unpaired) electrons. The van der Waals surface area contributed by atoms with Crippen LogP contribution in [0, 0.1) is 0 Å². The lowest BCUT2D eigenvalue weighted by Gasteiger charge is -2.41. The van der Waals surface area contributed by atoms with Crippen LogP contribution >= 0.6 is 0 Å². The maximum atomic E-state index is 13.0. The molecule has 1 aliphatic heterocycles. The summed E-state index contributed by atoms with van der Waals surface area (Å²) in [5.41, 5.74) is 1.51. The Morgan fingerprint density at radius 3 is 2.44 bits per heavy atom. The van der Waals surface area contributed by atoms with Crippen LogP contribution in [0.5, 0.6) is 5.75 Å². The number of carbonyl (C=O) groups excluding carboxylic acids is 2. The average molecular weight is 342 g/mol. The van der Waals surface area contributed by atoms with E-state index >= 15 is 0 Å². The zero-order chi connectivity index (χ0) is 18.0. The van der Waals surface area contributed by atoms with Gasteiger partial charge in [0.1, 0.15) is 11.4 Å². The number of aryl methyl sites for hydroxylation is 1. The van der Waals surface area contributed by atoms with Crippen LogP contribution in [0.4, 0.5) is 0 Å². The van der Waals surface area contributed by atoms with Gasteiger partial charge in [0.05, 0.1) is 13.2 Å². The Morgan fingerprint density at radius 2 is 1.88 bits per heavy atom. The molecule has 2 aromatic rings. The number of nitrogens with zero attached hydrogens (tertiary/aromatic N) is 4. The third kappa shape index (κ3) is 3.35. The third-order valence-electron chi connectivity index (χ3n) is 4.63. The number of carbonyl (C=O) groups is 2. The minimum absolute atomic E-state index is 0.0196. The maximum absolute atomic E-state index is 13.0. The Hall–Kier alpha value is -2.83. The number of methoxy groups -OCH3 is 1. The minimum atomic E-state index is -0.203. The standard InChI is InChI=1S/C18H22N4O3/c1-13(23)21-10-11-22(18(24)16-8-9-19-20(16)2)17(12-21)14-4-6-15(25-3)7-5-14/h4-9,17H,10-12H2,1-3H3/t17-/m1/s1. The highest BCUT2D eigenvalue weighted by Crippen LogP contribution is 2.28. The summed E-state index contributed by atoms with van der Waals surface area (Å²) in [5, 5.41) is 4.08. The first-order chi connectivity index (χ1) is 12.0. The SMILES string of the molecule is COc1ccc([C@H]2CN(C(C)=O)CCN2C(=O)c2ccnn2C)cc1. The number of piperazine rings is 1. The summed E-state index contributed by atoms with van der Waals surface area (Å²) in [4.78, 5) is 28.4. The predicted molar refractivity (Wildman–Crippen MR) is 92.2 cm³/mol. The van der Waals surface area contributed by atoms with Gasteiger partial charge in [-0.15, -0.1) is 0 Å². The number of amides is 2. The van der Waals surface area contributed by atoms with Crippen molar-refractivity contribution in [3.63, 3.8) is 0 Å². The lowest BCUT2D eigenvalue weighted by atomic mass is 10.0. The second-order valence-electron chi connectivity index (χ2n) is 6.09. The van der Waals surface area contributed by atoms with Gasteiger partial charge < -0.3 is 14.5 Å². The molecule has 3 rings (SSSR count). The van der Waals surface area contributed by atoms with Crippen molar-refractivity contribution in [1.29, 1.82) is 0 Å². The van der Waals surface area contributed by atoms with Crippen LogP contribution in [0.25, 0.3) is 0 Å². The molecule has 132 valence electrons. The van der Waals surface area contributed by atoms with Crippen LogP contribution in [0.2, 0.25) is 0 Å². The molecule has 25 heavy (non-hydrogen) atoms. The van der Waals surface area contributed by atoms with Gasteiger partial charge in [0, 0.05) is 39.8 Å². The highest BCUT2D eigenvalue weighted by molar-refractivity contribution is 5.93. The van der Waals surface area contributed by atoms with E-state index in [0.29, 0.717) is 25.3 Å². The van der Waals surface area contributed by atoms with Crippen molar-refractivity contribution in [2.24, 2.45) is 7.05 Å². The fraction of sp³-hybridized carbons (Fsp3) is 0.389. The lowest BCUT2D eigenvalue weighted by molar-refractivity contribution is -0.131. The molecule has 1 atom stereocenters. The van der Waals surface area contributed by atoms with E-state index in [1.165, 1.54) is 0 Å². The Bertz CT molecular complexity index is 769. The maximum Gasteiger partial charge on any atom is 0.272 e. The van der Waals surface area contributed by atoms with Gasteiger partial charge in [-0.1, -0.05) is 12.1 Å². The van der Waals surface area contributed by atoms with E-state index in [4.69, 9.17) is 4.74 Å². The molecule has 1 aromatic heterocycles. The quantitative estimate of drug-likeness (QED) is 0.847. The summed E-state index contributed by atoms with van der Waals surface area (Å²) in [6, 6.07) is 9.13. The van der Waals surface area contributed by atoms with Crippen LogP contribution < -0.4 is 4.74 Å². The van der Waals surface area contributed by atoms with E-state index in [9.17, 15) is 9.59 Å². The molecule has 7 nitrogen and oxygen atoms in total. The Morgan fingerprint density at radius 1 is 1.16 bits per heavy atom. The normalized spacial score (nSPS) is 17.5. The molecule has 2 amide bonds. The van der Waals surface area contributed by atoms with Gasteiger partial charge in [0.25, 0.3) is 5.91 Å². The zero-order valence-corrected chi connectivity index (χ0v) is 14.7. The number of benzene rings is 1. The second-order valence-corrected chi connectivity index (χ2v) is 6.09. The first kappa shape index (κ1) is 17.0. The van der Waals surface area contributed by atoms with Crippen LogP contribution in [0.15, 0.2) is 36.5 Å². The highest BCUT2D eigenvalue weighted by Gasteiger charge is 2.33. The smallest absolute Gasteiger partial charge is 0.272 e. The molecular weight excluding hydrogens is 320 g/mol. The van der Waals surface area contributed by atoms with E-state index in [0.717, 1.165) is 11.3 Å². The molecule has 7 heteroatoms.